The molecule has 2 aromatic rings. The van der Waals surface area contributed by atoms with Gasteiger partial charge in [0.15, 0.2) is 0 Å². The minimum Gasteiger partial charge on any atom is -0.342 e. The van der Waals surface area contributed by atoms with E-state index in [1.807, 2.05) is 34.8 Å². The summed E-state index contributed by atoms with van der Waals surface area (Å²) in [5.41, 5.74) is 2.37. The Kier molecular flexibility index (Phi) is 5.05. The summed E-state index contributed by atoms with van der Waals surface area (Å²) in [5, 5.41) is 4.24. The van der Waals surface area contributed by atoms with Gasteiger partial charge in [0, 0.05) is 50.3 Å². The van der Waals surface area contributed by atoms with Gasteiger partial charge >= 0.3 is 0 Å². The van der Waals surface area contributed by atoms with Crippen LogP contribution in [0.5, 0.6) is 0 Å². The van der Waals surface area contributed by atoms with Crippen molar-refractivity contribution in [3.05, 3.63) is 48.0 Å². The third-order valence-corrected chi connectivity index (χ3v) is 4.59. The van der Waals surface area contributed by atoms with E-state index in [0.717, 1.165) is 31.6 Å². The lowest BCUT2D eigenvalue weighted by Crippen LogP contribution is -2.40. The average molecular weight is 312 g/mol. The van der Waals surface area contributed by atoms with Crippen LogP contribution in [0.1, 0.15) is 30.5 Å². The van der Waals surface area contributed by atoms with E-state index in [1.54, 1.807) is 12.4 Å². The third kappa shape index (κ3) is 4.18. The zero-order chi connectivity index (χ0) is 16.1. The van der Waals surface area contributed by atoms with Crippen LogP contribution in [-0.4, -0.2) is 38.7 Å². The van der Waals surface area contributed by atoms with Gasteiger partial charge in [0.25, 0.3) is 0 Å². The molecule has 1 atom stereocenters. The molecule has 0 unspecified atom stereocenters. The molecule has 0 N–H and O–H groups in total. The summed E-state index contributed by atoms with van der Waals surface area (Å²) >= 11 is 0. The maximum atomic E-state index is 12.5. The van der Waals surface area contributed by atoms with Crippen LogP contribution in [0.15, 0.2) is 36.8 Å². The highest BCUT2D eigenvalue weighted by atomic mass is 16.2. The molecule has 23 heavy (non-hydrogen) atoms. The molecule has 0 saturated carbocycles. The van der Waals surface area contributed by atoms with Crippen LogP contribution >= 0.6 is 0 Å². The van der Waals surface area contributed by atoms with Gasteiger partial charge in [-0.1, -0.05) is 6.07 Å². The summed E-state index contributed by atoms with van der Waals surface area (Å²) in [5.74, 6) is 0.791. The summed E-state index contributed by atoms with van der Waals surface area (Å²) in [6.07, 6.45) is 9.34. The number of aryl methyl sites for hydroxylation is 2. The predicted octanol–water partition coefficient (Wildman–Crippen LogP) is 2.46. The highest BCUT2D eigenvalue weighted by Crippen LogP contribution is 2.21. The first kappa shape index (κ1) is 15.7. The van der Waals surface area contributed by atoms with Crippen molar-refractivity contribution in [2.45, 2.75) is 39.2 Å². The fourth-order valence-corrected chi connectivity index (χ4v) is 3.30. The Morgan fingerprint density at radius 1 is 1.35 bits per heavy atom. The molecule has 3 rings (SSSR count). The number of hydrogen-bond acceptors (Lipinski definition) is 3. The molecule has 0 aromatic carbocycles. The van der Waals surface area contributed by atoms with Crippen molar-refractivity contribution in [3.8, 4) is 0 Å². The quantitative estimate of drug-likeness (QED) is 0.852. The van der Waals surface area contributed by atoms with E-state index < -0.39 is 0 Å². The molecule has 2 aromatic heterocycles. The Labute approximate surface area is 137 Å². The zero-order valence-electron chi connectivity index (χ0n) is 13.7. The minimum absolute atomic E-state index is 0.246. The molecule has 1 fully saturated rings. The molecule has 1 aliphatic heterocycles. The van der Waals surface area contributed by atoms with Crippen molar-refractivity contribution in [1.29, 1.82) is 0 Å². The van der Waals surface area contributed by atoms with Crippen LogP contribution in [0, 0.1) is 12.8 Å². The normalized spacial score (nSPS) is 18.1. The molecule has 0 bridgehead atoms. The highest BCUT2D eigenvalue weighted by Gasteiger charge is 2.23. The Hall–Kier alpha value is -2.17. The van der Waals surface area contributed by atoms with Crippen molar-refractivity contribution in [3.63, 3.8) is 0 Å². The summed E-state index contributed by atoms with van der Waals surface area (Å²) in [6.45, 7) is 4.44. The summed E-state index contributed by atoms with van der Waals surface area (Å²) in [6, 6.07) is 6.07. The Morgan fingerprint density at radius 2 is 2.26 bits per heavy atom. The second-order valence-corrected chi connectivity index (χ2v) is 6.36. The summed E-state index contributed by atoms with van der Waals surface area (Å²) in [4.78, 5) is 18.7. The van der Waals surface area contributed by atoms with Crippen LogP contribution in [0.25, 0.3) is 0 Å². The lowest BCUT2D eigenvalue weighted by atomic mass is 9.92. The Balaban J connectivity index is 1.51. The predicted molar refractivity (Wildman–Crippen MR) is 88.8 cm³/mol. The molecule has 5 heteroatoms. The van der Waals surface area contributed by atoms with Gasteiger partial charge in [-0.25, -0.2) is 0 Å². The van der Waals surface area contributed by atoms with Crippen molar-refractivity contribution in [2.75, 3.05) is 13.1 Å². The number of carbonyl (C=O) groups excluding carboxylic acids is 1. The molecular formula is C18H24N4O. The molecule has 0 radical (unpaired) electrons. The molecule has 1 saturated heterocycles. The third-order valence-electron chi connectivity index (χ3n) is 4.59. The SMILES string of the molecule is Cc1ccnn1CCC(=O)N1CCC[C@@H](Cc2cccnc2)C1. The number of hydrogen-bond donors (Lipinski definition) is 0. The van der Waals surface area contributed by atoms with Crippen LogP contribution in [0.3, 0.4) is 0 Å². The maximum absolute atomic E-state index is 12.5. The molecular weight excluding hydrogens is 288 g/mol. The van der Waals surface area contributed by atoms with E-state index in [-0.39, 0.29) is 5.91 Å². The van der Waals surface area contributed by atoms with Gasteiger partial charge < -0.3 is 4.90 Å². The number of aromatic nitrogens is 3. The average Bonchev–Trinajstić information content (AvgIpc) is 2.99. The number of nitrogens with zero attached hydrogens (tertiary/aromatic N) is 4. The van der Waals surface area contributed by atoms with E-state index in [2.05, 4.69) is 16.1 Å². The number of rotatable bonds is 5. The first-order valence-electron chi connectivity index (χ1n) is 8.37. The first-order chi connectivity index (χ1) is 11.2. The van der Waals surface area contributed by atoms with Crippen LogP contribution in [0.4, 0.5) is 0 Å². The lowest BCUT2D eigenvalue weighted by molar-refractivity contribution is -0.133. The highest BCUT2D eigenvalue weighted by molar-refractivity contribution is 5.76. The van der Waals surface area contributed by atoms with Gasteiger partial charge in [-0.05, 0) is 49.8 Å². The van der Waals surface area contributed by atoms with E-state index in [9.17, 15) is 4.79 Å². The maximum Gasteiger partial charge on any atom is 0.224 e. The van der Waals surface area contributed by atoms with Crippen LogP contribution in [-0.2, 0) is 17.8 Å². The summed E-state index contributed by atoms with van der Waals surface area (Å²) < 4.78 is 1.90. The molecule has 1 amide bonds. The number of likely N-dealkylation sites (tertiary alicyclic amines) is 1. The number of piperidine rings is 1. The monoisotopic (exact) mass is 312 g/mol. The largest absolute Gasteiger partial charge is 0.342 e. The molecule has 5 nitrogen and oxygen atoms in total. The molecule has 0 spiro atoms. The Morgan fingerprint density at radius 3 is 3.00 bits per heavy atom. The summed E-state index contributed by atoms with van der Waals surface area (Å²) in [7, 11) is 0. The molecule has 122 valence electrons. The second kappa shape index (κ2) is 7.40. The lowest BCUT2D eigenvalue weighted by Gasteiger charge is -2.33. The molecule has 0 aliphatic carbocycles. The standard InChI is InChI=1S/C18H24N4O/c1-15-6-9-20-22(15)11-7-18(23)21-10-3-5-17(14-21)12-16-4-2-8-19-13-16/h2,4,6,8-9,13,17H,3,5,7,10-12,14H2,1H3/t17-/m0/s1. The Bertz CT molecular complexity index is 637. The minimum atomic E-state index is 0.246. The number of carbonyl (C=O) groups is 1. The fourth-order valence-electron chi connectivity index (χ4n) is 3.30. The van der Waals surface area contributed by atoms with Crippen molar-refractivity contribution in [2.24, 2.45) is 5.92 Å². The first-order valence-corrected chi connectivity index (χ1v) is 8.37. The van der Waals surface area contributed by atoms with E-state index in [0.29, 0.717) is 18.9 Å². The van der Waals surface area contributed by atoms with Gasteiger partial charge in [0.05, 0.1) is 0 Å². The number of pyridine rings is 1. The van der Waals surface area contributed by atoms with Gasteiger partial charge in [-0.15, -0.1) is 0 Å². The van der Waals surface area contributed by atoms with Crippen LogP contribution < -0.4 is 0 Å². The molecule has 1 aliphatic rings. The van der Waals surface area contributed by atoms with Crippen LogP contribution in [0.2, 0.25) is 0 Å². The van der Waals surface area contributed by atoms with Gasteiger partial charge in [0.1, 0.15) is 0 Å². The van der Waals surface area contributed by atoms with E-state index in [1.165, 1.54) is 12.0 Å². The van der Waals surface area contributed by atoms with E-state index in [4.69, 9.17) is 0 Å². The van der Waals surface area contributed by atoms with Gasteiger partial charge in [-0.3, -0.25) is 14.5 Å². The van der Waals surface area contributed by atoms with E-state index >= 15 is 0 Å². The fraction of sp³-hybridized carbons (Fsp3) is 0.500. The second-order valence-electron chi connectivity index (χ2n) is 6.36. The molecule has 3 heterocycles. The van der Waals surface area contributed by atoms with Crippen molar-refractivity contribution < 1.29 is 4.79 Å². The zero-order valence-corrected chi connectivity index (χ0v) is 13.7. The smallest absolute Gasteiger partial charge is 0.224 e. The topological polar surface area (TPSA) is 51.0 Å². The number of amides is 1. The van der Waals surface area contributed by atoms with Gasteiger partial charge in [-0.2, -0.15) is 5.10 Å². The van der Waals surface area contributed by atoms with Crippen molar-refractivity contribution >= 4 is 5.91 Å². The van der Waals surface area contributed by atoms with Crippen molar-refractivity contribution in [1.82, 2.24) is 19.7 Å². The van der Waals surface area contributed by atoms with Gasteiger partial charge in [0.2, 0.25) is 5.91 Å².